The summed E-state index contributed by atoms with van der Waals surface area (Å²) in [7, 11) is 1.64. The molecule has 1 atom stereocenters. The summed E-state index contributed by atoms with van der Waals surface area (Å²) in [5, 5.41) is 8.36. The number of ether oxygens (including phenoxy) is 1. The average Bonchev–Trinajstić information content (AvgIpc) is 2.81. The highest BCUT2D eigenvalue weighted by Crippen LogP contribution is 2.34. The first-order valence-corrected chi connectivity index (χ1v) is 6.41. The molecule has 1 aromatic heterocycles. The molecule has 6 heteroatoms. The Kier molecular flexibility index (Phi) is 4.22. The van der Waals surface area contributed by atoms with Crippen molar-refractivity contribution in [2.75, 3.05) is 13.7 Å². The van der Waals surface area contributed by atoms with E-state index in [2.05, 4.69) is 10.2 Å². The molecule has 96 valence electrons. The van der Waals surface area contributed by atoms with Gasteiger partial charge < -0.3 is 14.9 Å². The van der Waals surface area contributed by atoms with Crippen molar-refractivity contribution in [2.45, 2.75) is 17.4 Å². The maximum absolute atomic E-state index is 5.80. The average molecular weight is 265 g/mol. The van der Waals surface area contributed by atoms with Gasteiger partial charge in [-0.25, -0.2) is 0 Å². The summed E-state index contributed by atoms with van der Waals surface area (Å²) < 4.78 is 10.6. The Balaban J connectivity index is 2.17. The summed E-state index contributed by atoms with van der Waals surface area (Å²) in [6.07, 6.45) is 0. The highest BCUT2D eigenvalue weighted by atomic mass is 32.2. The molecule has 0 saturated heterocycles. The molecular formula is C12H15N3O2S. The molecule has 0 spiro atoms. The third kappa shape index (κ3) is 3.02. The lowest BCUT2D eigenvalue weighted by Gasteiger charge is -2.13. The van der Waals surface area contributed by atoms with Gasteiger partial charge >= 0.3 is 0 Å². The van der Waals surface area contributed by atoms with Crippen LogP contribution >= 0.6 is 11.8 Å². The van der Waals surface area contributed by atoms with E-state index >= 15 is 0 Å². The minimum absolute atomic E-state index is 0.0694. The first-order valence-electron chi connectivity index (χ1n) is 5.53. The Labute approximate surface area is 110 Å². The third-order valence-electron chi connectivity index (χ3n) is 2.43. The van der Waals surface area contributed by atoms with E-state index in [1.807, 2.05) is 24.3 Å². The van der Waals surface area contributed by atoms with Crippen LogP contribution < -0.4 is 10.5 Å². The largest absolute Gasteiger partial charge is 0.497 e. The summed E-state index contributed by atoms with van der Waals surface area (Å²) in [5.74, 6) is 1.37. The zero-order valence-electron chi connectivity index (χ0n) is 10.3. The summed E-state index contributed by atoms with van der Waals surface area (Å²) in [4.78, 5) is 0. The second kappa shape index (κ2) is 5.88. The van der Waals surface area contributed by atoms with Crippen LogP contribution in [0.3, 0.4) is 0 Å². The molecule has 0 fully saturated rings. The van der Waals surface area contributed by atoms with Crippen molar-refractivity contribution >= 4 is 11.8 Å². The van der Waals surface area contributed by atoms with Gasteiger partial charge in [-0.1, -0.05) is 23.9 Å². The Morgan fingerprint density at radius 2 is 2.28 bits per heavy atom. The molecule has 1 aromatic carbocycles. The van der Waals surface area contributed by atoms with Crippen LogP contribution in [0.5, 0.6) is 5.75 Å². The Morgan fingerprint density at radius 1 is 1.44 bits per heavy atom. The van der Waals surface area contributed by atoms with Crippen molar-refractivity contribution in [3.8, 4) is 5.75 Å². The maximum atomic E-state index is 5.80. The predicted octanol–water partition coefficient (Wildman–Crippen LogP) is 2.18. The number of hydrogen-bond acceptors (Lipinski definition) is 6. The first-order chi connectivity index (χ1) is 8.72. The van der Waals surface area contributed by atoms with Crippen LogP contribution in [-0.2, 0) is 0 Å². The molecule has 18 heavy (non-hydrogen) atoms. The van der Waals surface area contributed by atoms with Gasteiger partial charge in [0.05, 0.1) is 12.4 Å². The molecule has 0 aliphatic carbocycles. The van der Waals surface area contributed by atoms with Crippen molar-refractivity contribution in [1.29, 1.82) is 0 Å². The van der Waals surface area contributed by atoms with Gasteiger partial charge in [0.15, 0.2) is 0 Å². The van der Waals surface area contributed by atoms with Crippen LogP contribution in [0.15, 0.2) is 33.9 Å². The van der Waals surface area contributed by atoms with Gasteiger partial charge in [-0.15, -0.1) is 10.2 Å². The normalized spacial score (nSPS) is 12.4. The van der Waals surface area contributed by atoms with Gasteiger partial charge in [0, 0.05) is 13.5 Å². The first kappa shape index (κ1) is 12.9. The SMILES string of the molecule is COc1cccc(C(CN)Sc2nnc(C)o2)c1. The van der Waals surface area contributed by atoms with Crippen molar-refractivity contribution in [3.63, 3.8) is 0 Å². The Hall–Kier alpha value is -1.53. The standard InChI is InChI=1S/C12H15N3O2S/c1-8-14-15-12(17-8)18-11(7-13)9-4-3-5-10(6-9)16-2/h3-6,11H,7,13H2,1-2H3. The minimum Gasteiger partial charge on any atom is -0.497 e. The van der Waals surface area contributed by atoms with Gasteiger partial charge in [0.25, 0.3) is 5.22 Å². The van der Waals surface area contributed by atoms with Crippen LogP contribution in [0, 0.1) is 6.92 Å². The van der Waals surface area contributed by atoms with Gasteiger partial charge in [-0.05, 0) is 17.7 Å². The third-order valence-corrected chi connectivity index (χ3v) is 3.55. The molecule has 0 radical (unpaired) electrons. The molecule has 1 unspecified atom stereocenters. The van der Waals surface area contributed by atoms with E-state index < -0.39 is 0 Å². The molecule has 0 bridgehead atoms. The number of nitrogens with zero attached hydrogens (tertiary/aromatic N) is 2. The number of methoxy groups -OCH3 is 1. The van der Waals surface area contributed by atoms with Gasteiger partial charge in [-0.3, -0.25) is 0 Å². The van der Waals surface area contributed by atoms with Crippen molar-refractivity contribution in [2.24, 2.45) is 5.73 Å². The molecule has 0 saturated carbocycles. The van der Waals surface area contributed by atoms with E-state index in [0.717, 1.165) is 11.3 Å². The fourth-order valence-corrected chi connectivity index (χ4v) is 2.42. The summed E-state index contributed by atoms with van der Waals surface area (Å²) >= 11 is 1.46. The zero-order chi connectivity index (χ0) is 13.0. The predicted molar refractivity (Wildman–Crippen MR) is 69.7 cm³/mol. The van der Waals surface area contributed by atoms with Crippen LogP contribution in [0.4, 0.5) is 0 Å². The summed E-state index contributed by atoms with van der Waals surface area (Å²) in [5.41, 5.74) is 6.88. The number of benzene rings is 1. The number of rotatable bonds is 5. The Bertz CT molecular complexity index is 516. The van der Waals surface area contributed by atoms with Crippen LogP contribution in [0.1, 0.15) is 16.7 Å². The maximum Gasteiger partial charge on any atom is 0.277 e. The monoisotopic (exact) mass is 265 g/mol. The molecule has 2 N–H and O–H groups in total. The number of thioether (sulfide) groups is 1. The number of hydrogen-bond donors (Lipinski definition) is 1. The highest BCUT2D eigenvalue weighted by molar-refractivity contribution is 7.99. The highest BCUT2D eigenvalue weighted by Gasteiger charge is 2.15. The van der Waals surface area contributed by atoms with Crippen molar-refractivity contribution < 1.29 is 9.15 Å². The molecule has 0 aliphatic rings. The molecular weight excluding hydrogens is 250 g/mol. The molecule has 2 rings (SSSR count). The van der Waals surface area contributed by atoms with Gasteiger partial charge in [-0.2, -0.15) is 0 Å². The second-order valence-corrected chi connectivity index (χ2v) is 4.86. The molecule has 0 aliphatic heterocycles. The van der Waals surface area contributed by atoms with Crippen LogP contribution in [0.2, 0.25) is 0 Å². The smallest absolute Gasteiger partial charge is 0.277 e. The molecule has 0 amide bonds. The number of aryl methyl sites for hydroxylation is 1. The van der Waals surface area contributed by atoms with Crippen molar-refractivity contribution in [1.82, 2.24) is 10.2 Å². The minimum atomic E-state index is 0.0694. The zero-order valence-corrected chi connectivity index (χ0v) is 11.1. The number of nitrogens with two attached hydrogens (primary N) is 1. The fraction of sp³-hybridized carbons (Fsp3) is 0.333. The van der Waals surface area contributed by atoms with E-state index in [0.29, 0.717) is 17.7 Å². The molecule has 1 heterocycles. The second-order valence-electron chi connectivity index (χ2n) is 3.71. The fourth-order valence-electron chi connectivity index (χ4n) is 1.54. The van der Waals surface area contributed by atoms with E-state index in [9.17, 15) is 0 Å². The lowest BCUT2D eigenvalue weighted by Crippen LogP contribution is -2.09. The van der Waals surface area contributed by atoms with Crippen molar-refractivity contribution in [3.05, 3.63) is 35.7 Å². The quantitative estimate of drug-likeness (QED) is 0.835. The van der Waals surface area contributed by atoms with E-state index in [4.69, 9.17) is 14.9 Å². The topological polar surface area (TPSA) is 74.2 Å². The summed E-state index contributed by atoms with van der Waals surface area (Å²) in [6, 6.07) is 7.82. The van der Waals surface area contributed by atoms with Crippen LogP contribution in [0.25, 0.3) is 0 Å². The summed E-state index contributed by atoms with van der Waals surface area (Å²) in [6.45, 7) is 2.25. The van der Waals surface area contributed by atoms with E-state index in [-0.39, 0.29) is 5.25 Å². The molecule has 5 nitrogen and oxygen atoms in total. The van der Waals surface area contributed by atoms with Crippen LogP contribution in [-0.4, -0.2) is 23.9 Å². The van der Waals surface area contributed by atoms with Gasteiger partial charge in [0.2, 0.25) is 5.89 Å². The molecule has 2 aromatic rings. The van der Waals surface area contributed by atoms with E-state index in [1.54, 1.807) is 14.0 Å². The lowest BCUT2D eigenvalue weighted by molar-refractivity contribution is 0.414. The Morgan fingerprint density at radius 3 is 2.89 bits per heavy atom. The van der Waals surface area contributed by atoms with Gasteiger partial charge in [0.1, 0.15) is 5.75 Å². The number of aromatic nitrogens is 2. The lowest BCUT2D eigenvalue weighted by atomic mass is 10.1. The van der Waals surface area contributed by atoms with E-state index in [1.165, 1.54) is 11.8 Å².